The molecule has 2 aromatic rings. The van der Waals surface area contributed by atoms with Crippen LogP contribution in [0.3, 0.4) is 0 Å². The van der Waals surface area contributed by atoms with Crippen LogP contribution >= 0.6 is 0 Å². The van der Waals surface area contributed by atoms with Crippen molar-refractivity contribution >= 4 is 5.91 Å². The van der Waals surface area contributed by atoms with Gasteiger partial charge in [-0.25, -0.2) is 0 Å². The van der Waals surface area contributed by atoms with Gasteiger partial charge in [-0.1, -0.05) is 24.3 Å². The predicted octanol–water partition coefficient (Wildman–Crippen LogP) is 2.61. The molecule has 0 bridgehead atoms. The number of carbonyl (C=O) groups is 1. The van der Waals surface area contributed by atoms with Crippen molar-refractivity contribution in [1.82, 2.24) is 9.88 Å². The van der Waals surface area contributed by atoms with Gasteiger partial charge in [0.15, 0.2) is 6.10 Å². The highest BCUT2D eigenvalue weighted by Crippen LogP contribution is 2.42. The number of benzene rings is 1. The van der Waals surface area contributed by atoms with Crippen LogP contribution in [-0.2, 0) is 27.3 Å². The number of hydrogen-bond acceptors (Lipinski definition) is 5. The molecular formula is C23H26N2O4. The Morgan fingerprint density at radius 3 is 2.90 bits per heavy atom. The first kappa shape index (κ1) is 18.6. The smallest absolute Gasteiger partial charge is 0.264 e. The van der Waals surface area contributed by atoms with E-state index in [4.69, 9.17) is 14.2 Å². The number of amides is 1. The first-order chi connectivity index (χ1) is 14.2. The zero-order valence-electron chi connectivity index (χ0n) is 16.5. The maximum Gasteiger partial charge on any atom is 0.264 e. The van der Waals surface area contributed by atoms with E-state index in [1.165, 1.54) is 0 Å². The molecule has 0 unspecified atom stereocenters. The van der Waals surface area contributed by atoms with Gasteiger partial charge >= 0.3 is 0 Å². The number of fused-ring (bicyclic) bond motifs is 1. The molecule has 5 rings (SSSR count). The van der Waals surface area contributed by atoms with E-state index in [0.717, 1.165) is 36.5 Å². The quantitative estimate of drug-likeness (QED) is 0.705. The van der Waals surface area contributed by atoms with Gasteiger partial charge in [0.2, 0.25) is 0 Å². The van der Waals surface area contributed by atoms with Crippen molar-refractivity contribution in [3.63, 3.8) is 0 Å². The molecular weight excluding hydrogens is 368 g/mol. The Morgan fingerprint density at radius 2 is 2.07 bits per heavy atom. The molecule has 152 valence electrons. The average Bonchev–Trinajstić information content (AvgIpc) is 3.34. The highest BCUT2D eigenvalue weighted by atomic mass is 16.5. The minimum atomic E-state index is -0.397. The maximum atomic E-state index is 12.9. The molecule has 1 aromatic carbocycles. The van der Waals surface area contributed by atoms with E-state index in [0.29, 0.717) is 38.6 Å². The van der Waals surface area contributed by atoms with Crippen molar-refractivity contribution in [3.8, 4) is 5.75 Å². The number of nitrogens with zero attached hydrogens (tertiary/aromatic N) is 2. The fourth-order valence-corrected chi connectivity index (χ4v) is 4.71. The lowest BCUT2D eigenvalue weighted by Crippen LogP contribution is -2.67. The number of ether oxygens (including phenoxy) is 3. The summed E-state index contributed by atoms with van der Waals surface area (Å²) in [6.45, 7) is 3.30. The zero-order chi connectivity index (χ0) is 19.7. The number of aromatic nitrogens is 1. The Hall–Kier alpha value is -2.44. The summed E-state index contributed by atoms with van der Waals surface area (Å²) in [6.07, 6.45) is 4.02. The van der Waals surface area contributed by atoms with Crippen LogP contribution in [0.5, 0.6) is 5.75 Å². The SMILES string of the molecule is O=C([C@H]1Cc2ccccc2O1)N1CC2(C1)OCC[C@H]2CCOCc1ccccn1. The van der Waals surface area contributed by atoms with Crippen molar-refractivity contribution < 1.29 is 19.0 Å². The van der Waals surface area contributed by atoms with Gasteiger partial charge in [-0.05, 0) is 42.5 Å². The zero-order valence-corrected chi connectivity index (χ0v) is 16.5. The molecule has 1 spiro atoms. The second-order valence-corrected chi connectivity index (χ2v) is 8.17. The summed E-state index contributed by atoms with van der Waals surface area (Å²) in [6, 6.07) is 13.7. The lowest BCUT2D eigenvalue weighted by Gasteiger charge is -2.50. The molecule has 1 aromatic heterocycles. The molecule has 6 nitrogen and oxygen atoms in total. The highest BCUT2D eigenvalue weighted by molar-refractivity contribution is 5.83. The minimum Gasteiger partial charge on any atom is -0.480 e. The van der Waals surface area contributed by atoms with E-state index in [1.54, 1.807) is 6.20 Å². The van der Waals surface area contributed by atoms with Crippen LogP contribution in [0, 0.1) is 5.92 Å². The Kier molecular flexibility index (Phi) is 4.97. The maximum absolute atomic E-state index is 12.9. The standard InChI is InChI=1S/C23H26N2O4/c26-22(21-13-17-5-1-2-7-20(17)29-21)25-15-23(16-25)18(9-12-28-23)8-11-27-14-19-6-3-4-10-24-19/h1-7,10,18,21H,8-9,11-16H2/t18-,21-/m1/s1. The molecule has 0 radical (unpaired) electrons. The molecule has 6 heteroatoms. The van der Waals surface area contributed by atoms with Gasteiger partial charge in [-0.15, -0.1) is 0 Å². The first-order valence-electron chi connectivity index (χ1n) is 10.4. The molecule has 0 N–H and O–H groups in total. The summed E-state index contributed by atoms with van der Waals surface area (Å²) in [5, 5.41) is 0. The van der Waals surface area contributed by atoms with Crippen LogP contribution < -0.4 is 4.74 Å². The van der Waals surface area contributed by atoms with Gasteiger partial charge in [0.25, 0.3) is 5.91 Å². The molecule has 29 heavy (non-hydrogen) atoms. The van der Waals surface area contributed by atoms with Gasteiger partial charge in [0.1, 0.15) is 11.4 Å². The van der Waals surface area contributed by atoms with E-state index in [-0.39, 0.29) is 11.5 Å². The number of para-hydroxylation sites is 1. The monoisotopic (exact) mass is 394 g/mol. The van der Waals surface area contributed by atoms with E-state index < -0.39 is 6.10 Å². The van der Waals surface area contributed by atoms with E-state index in [9.17, 15) is 4.79 Å². The topological polar surface area (TPSA) is 60.9 Å². The Balaban J connectivity index is 1.10. The van der Waals surface area contributed by atoms with Gasteiger partial charge in [0, 0.05) is 25.8 Å². The number of likely N-dealkylation sites (tertiary alicyclic amines) is 1. The highest BCUT2D eigenvalue weighted by Gasteiger charge is 2.55. The number of rotatable bonds is 6. The van der Waals surface area contributed by atoms with Crippen molar-refractivity contribution in [2.75, 3.05) is 26.3 Å². The average molecular weight is 394 g/mol. The number of hydrogen-bond donors (Lipinski definition) is 0. The summed E-state index contributed by atoms with van der Waals surface area (Å²) < 4.78 is 17.8. The molecule has 4 heterocycles. The van der Waals surface area contributed by atoms with E-state index >= 15 is 0 Å². The summed E-state index contributed by atoms with van der Waals surface area (Å²) in [5.41, 5.74) is 1.86. The molecule has 2 fully saturated rings. The second-order valence-electron chi connectivity index (χ2n) is 8.17. The molecule has 2 saturated heterocycles. The van der Waals surface area contributed by atoms with Crippen LogP contribution in [0.25, 0.3) is 0 Å². The van der Waals surface area contributed by atoms with E-state index in [1.807, 2.05) is 47.4 Å². The molecule has 2 atom stereocenters. The Morgan fingerprint density at radius 1 is 1.21 bits per heavy atom. The fraction of sp³-hybridized carbons (Fsp3) is 0.478. The largest absolute Gasteiger partial charge is 0.480 e. The van der Waals surface area contributed by atoms with Crippen LogP contribution in [0.1, 0.15) is 24.1 Å². The van der Waals surface area contributed by atoms with E-state index in [2.05, 4.69) is 4.98 Å². The summed E-state index contributed by atoms with van der Waals surface area (Å²) in [7, 11) is 0. The van der Waals surface area contributed by atoms with Crippen LogP contribution in [0.2, 0.25) is 0 Å². The number of pyridine rings is 1. The van der Waals surface area contributed by atoms with Crippen LogP contribution in [0.4, 0.5) is 0 Å². The second kappa shape index (κ2) is 7.76. The summed E-state index contributed by atoms with van der Waals surface area (Å²) >= 11 is 0. The van der Waals surface area contributed by atoms with Gasteiger partial charge in [-0.3, -0.25) is 9.78 Å². The fourth-order valence-electron chi connectivity index (χ4n) is 4.71. The third kappa shape index (κ3) is 3.63. The Labute approximate surface area is 170 Å². The lowest BCUT2D eigenvalue weighted by atomic mass is 9.79. The van der Waals surface area contributed by atoms with Gasteiger partial charge in [-0.2, -0.15) is 0 Å². The molecule has 3 aliphatic rings. The number of carbonyl (C=O) groups excluding carboxylic acids is 1. The minimum absolute atomic E-state index is 0.0764. The predicted molar refractivity (Wildman–Crippen MR) is 106 cm³/mol. The molecule has 0 saturated carbocycles. The first-order valence-corrected chi connectivity index (χ1v) is 10.4. The van der Waals surface area contributed by atoms with Gasteiger partial charge < -0.3 is 19.1 Å². The van der Waals surface area contributed by atoms with Crippen molar-refractivity contribution in [3.05, 3.63) is 59.9 Å². The molecule has 0 aliphatic carbocycles. The van der Waals surface area contributed by atoms with Crippen molar-refractivity contribution in [2.45, 2.75) is 37.6 Å². The van der Waals surface area contributed by atoms with Crippen LogP contribution in [0.15, 0.2) is 48.7 Å². The third-order valence-electron chi connectivity index (χ3n) is 6.34. The summed E-state index contributed by atoms with van der Waals surface area (Å²) in [4.78, 5) is 19.0. The molecule has 1 amide bonds. The van der Waals surface area contributed by atoms with Crippen molar-refractivity contribution in [2.24, 2.45) is 5.92 Å². The lowest BCUT2D eigenvalue weighted by molar-refractivity contribution is -0.171. The normalized spacial score (nSPS) is 24.2. The Bertz CT molecular complexity index is 841. The van der Waals surface area contributed by atoms with Crippen LogP contribution in [-0.4, -0.2) is 53.8 Å². The summed E-state index contributed by atoms with van der Waals surface area (Å²) in [5.74, 6) is 1.34. The molecule has 3 aliphatic heterocycles. The van der Waals surface area contributed by atoms with Crippen molar-refractivity contribution in [1.29, 1.82) is 0 Å². The van der Waals surface area contributed by atoms with Gasteiger partial charge in [0.05, 0.1) is 25.4 Å². The third-order valence-corrected chi connectivity index (χ3v) is 6.34.